The Morgan fingerprint density at radius 3 is 2.50 bits per heavy atom. The van der Waals surface area contributed by atoms with Crippen LogP contribution in [0.2, 0.25) is 0 Å². The number of carbonyl (C=O) groups is 2. The highest BCUT2D eigenvalue weighted by Gasteiger charge is 2.33. The van der Waals surface area contributed by atoms with Crippen molar-refractivity contribution in [3.63, 3.8) is 0 Å². The number of likely N-dealkylation sites (N-methyl/N-ethyl adjacent to an activating group) is 1. The van der Waals surface area contributed by atoms with E-state index >= 15 is 0 Å². The van der Waals surface area contributed by atoms with Crippen molar-refractivity contribution >= 4 is 23.2 Å². The fourth-order valence-electron chi connectivity index (χ4n) is 4.46. The van der Waals surface area contributed by atoms with Crippen LogP contribution in [0.15, 0.2) is 53.9 Å². The van der Waals surface area contributed by atoms with E-state index in [1.54, 1.807) is 16.2 Å². The Bertz CT molecular complexity index is 1170. The number of hydrogen-bond donors (Lipinski definition) is 0. The molecule has 1 aromatic heterocycles. The summed E-state index contributed by atoms with van der Waals surface area (Å²) in [4.78, 5) is 31.4. The fourth-order valence-corrected chi connectivity index (χ4v) is 5.39. The number of carbonyl (C=O) groups excluding carboxylic acids is 2. The van der Waals surface area contributed by atoms with Crippen LogP contribution in [-0.4, -0.2) is 47.9 Å². The zero-order chi connectivity index (χ0) is 24.2. The number of thiophene rings is 1. The zero-order valence-corrected chi connectivity index (χ0v) is 21.2. The van der Waals surface area contributed by atoms with E-state index in [4.69, 9.17) is 4.74 Å². The van der Waals surface area contributed by atoms with E-state index in [0.717, 1.165) is 28.9 Å². The number of rotatable bonds is 7. The second-order valence-corrected chi connectivity index (χ2v) is 9.92. The molecule has 0 unspecified atom stereocenters. The Hall–Kier alpha value is -3.12. The van der Waals surface area contributed by atoms with Gasteiger partial charge < -0.3 is 14.5 Å². The lowest BCUT2D eigenvalue weighted by Crippen LogP contribution is -2.47. The average Bonchev–Trinajstić information content (AvgIpc) is 3.31. The van der Waals surface area contributed by atoms with Crippen LogP contribution in [0.25, 0.3) is 0 Å². The van der Waals surface area contributed by atoms with Gasteiger partial charge >= 0.3 is 0 Å². The van der Waals surface area contributed by atoms with Crippen LogP contribution in [0.5, 0.6) is 5.75 Å². The third kappa shape index (κ3) is 5.17. The first-order chi connectivity index (χ1) is 16.4. The maximum Gasteiger partial charge on any atom is 0.254 e. The number of nitrogens with zero attached hydrogens (tertiary/aromatic N) is 2. The predicted molar refractivity (Wildman–Crippen MR) is 137 cm³/mol. The molecule has 0 fully saturated rings. The summed E-state index contributed by atoms with van der Waals surface area (Å²) in [6, 6.07) is 15.6. The summed E-state index contributed by atoms with van der Waals surface area (Å²) >= 11 is 1.73. The molecule has 2 aromatic carbocycles. The molecule has 1 atom stereocenters. The van der Waals surface area contributed by atoms with Crippen molar-refractivity contribution in [3.05, 3.63) is 86.6 Å². The molecule has 2 heterocycles. The topological polar surface area (TPSA) is 49.9 Å². The van der Waals surface area contributed by atoms with Crippen LogP contribution in [0, 0.1) is 20.8 Å². The van der Waals surface area contributed by atoms with Crippen molar-refractivity contribution in [1.82, 2.24) is 9.80 Å². The molecule has 4 rings (SSSR count). The second-order valence-electron chi connectivity index (χ2n) is 8.92. The average molecular weight is 477 g/mol. The van der Waals surface area contributed by atoms with E-state index in [1.807, 2.05) is 62.1 Å². The van der Waals surface area contributed by atoms with Crippen LogP contribution in [0.4, 0.5) is 0 Å². The quantitative estimate of drug-likeness (QED) is 0.462. The van der Waals surface area contributed by atoms with Crippen molar-refractivity contribution in [2.24, 2.45) is 0 Å². The molecular formula is C28H32N2O3S. The normalized spacial score (nSPS) is 15.1. The first kappa shape index (κ1) is 24.0. The van der Waals surface area contributed by atoms with Crippen molar-refractivity contribution in [2.75, 3.05) is 26.2 Å². The molecule has 0 saturated carbocycles. The number of ether oxygens (including phenoxy) is 1. The van der Waals surface area contributed by atoms with Gasteiger partial charge in [0, 0.05) is 23.5 Å². The molecule has 0 spiro atoms. The molecule has 0 N–H and O–H groups in total. The lowest BCUT2D eigenvalue weighted by molar-refractivity contribution is -0.135. The Balaban J connectivity index is 1.51. The zero-order valence-electron chi connectivity index (χ0n) is 20.3. The minimum Gasteiger partial charge on any atom is -0.491 e. The Morgan fingerprint density at radius 1 is 1.06 bits per heavy atom. The molecule has 178 valence electrons. The van der Waals surface area contributed by atoms with Crippen LogP contribution in [-0.2, 0) is 11.2 Å². The monoisotopic (exact) mass is 476 g/mol. The number of aryl methyl sites for hydroxylation is 3. The SMILES string of the molecule is CCN(CC(=O)N1CCc2sccc2[C@H]1COc1ccc(C)cc1C)C(=O)c1ccc(C)cc1. The summed E-state index contributed by atoms with van der Waals surface area (Å²) < 4.78 is 6.23. The van der Waals surface area contributed by atoms with Gasteiger partial charge in [-0.3, -0.25) is 9.59 Å². The summed E-state index contributed by atoms with van der Waals surface area (Å²) in [6.07, 6.45) is 0.830. The standard InChI is InChI=1S/C28H32N2O3S/c1-5-29(28(32)22-9-6-19(2)7-10-22)17-27(31)30-14-12-26-23(13-15-34-26)24(30)18-33-25-11-8-20(3)16-21(25)4/h6-11,13,15-16,24H,5,12,14,17-18H2,1-4H3/t24-/m1/s1. The Kier molecular flexibility index (Phi) is 7.37. The van der Waals surface area contributed by atoms with Gasteiger partial charge in [-0.25, -0.2) is 0 Å². The van der Waals surface area contributed by atoms with E-state index in [2.05, 4.69) is 24.4 Å². The molecular weight excluding hydrogens is 444 g/mol. The van der Waals surface area contributed by atoms with Crippen LogP contribution >= 0.6 is 11.3 Å². The molecule has 1 aliphatic heterocycles. The first-order valence-electron chi connectivity index (χ1n) is 11.8. The van der Waals surface area contributed by atoms with Gasteiger partial charge in [-0.1, -0.05) is 35.4 Å². The largest absolute Gasteiger partial charge is 0.491 e. The highest BCUT2D eigenvalue weighted by atomic mass is 32.1. The van der Waals surface area contributed by atoms with E-state index in [9.17, 15) is 9.59 Å². The minimum atomic E-state index is -0.170. The van der Waals surface area contributed by atoms with Gasteiger partial charge in [-0.05, 0) is 74.9 Å². The molecule has 0 aliphatic carbocycles. The van der Waals surface area contributed by atoms with Crippen molar-refractivity contribution in [3.8, 4) is 5.75 Å². The molecule has 6 heteroatoms. The molecule has 0 bridgehead atoms. The summed E-state index contributed by atoms with van der Waals surface area (Å²) in [5.41, 5.74) is 5.13. The van der Waals surface area contributed by atoms with Crippen LogP contribution in [0.3, 0.4) is 0 Å². The second kappa shape index (κ2) is 10.4. The fraction of sp³-hybridized carbons (Fsp3) is 0.357. The number of benzene rings is 2. The molecule has 3 aromatic rings. The van der Waals surface area contributed by atoms with Gasteiger partial charge in [-0.15, -0.1) is 11.3 Å². The smallest absolute Gasteiger partial charge is 0.254 e. The first-order valence-corrected chi connectivity index (χ1v) is 12.7. The Morgan fingerprint density at radius 2 is 1.79 bits per heavy atom. The summed E-state index contributed by atoms with van der Waals surface area (Å²) in [6.45, 7) is 9.55. The molecule has 2 amide bonds. The summed E-state index contributed by atoms with van der Waals surface area (Å²) in [7, 11) is 0. The maximum atomic E-state index is 13.5. The predicted octanol–water partition coefficient (Wildman–Crippen LogP) is 5.34. The van der Waals surface area contributed by atoms with Gasteiger partial charge in [0.05, 0.1) is 6.04 Å². The third-order valence-electron chi connectivity index (χ3n) is 6.44. The van der Waals surface area contributed by atoms with Crippen molar-refractivity contribution < 1.29 is 14.3 Å². The van der Waals surface area contributed by atoms with Crippen molar-refractivity contribution in [1.29, 1.82) is 0 Å². The summed E-state index contributed by atoms with van der Waals surface area (Å²) in [5, 5.41) is 2.09. The lowest BCUT2D eigenvalue weighted by Gasteiger charge is -2.37. The van der Waals surface area contributed by atoms with Crippen LogP contribution in [0.1, 0.15) is 50.5 Å². The maximum absolute atomic E-state index is 13.5. The van der Waals surface area contributed by atoms with Gasteiger partial charge in [0.25, 0.3) is 5.91 Å². The minimum absolute atomic E-state index is 0.0478. The molecule has 0 radical (unpaired) electrons. The molecule has 0 saturated heterocycles. The van der Waals surface area contributed by atoms with E-state index < -0.39 is 0 Å². The number of hydrogen-bond acceptors (Lipinski definition) is 4. The molecule has 5 nitrogen and oxygen atoms in total. The third-order valence-corrected chi connectivity index (χ3v) is 7.43. The van der Waals surface area contributed by atoms with E-state index in [0.29, 0.717) is 25.3 Å². The molecule has 1 aliphatic rings. The molecule has 34 heavy (non-hydrogen) atoms. The van der Waals surface area contributed by atoms with Gasteiger partial charge in [0.2, 0.25) is 5.91 Å². The van der Waals surface area contributed by atoms with E-state index in [1.165, 1.54) is 10.4 Å². The highest BCUT2D eigenvalue weighted by molar-refractivity contribution is 7.10. The van der Waals surface area contributed by atoms with Gasteiger partial charge in [0.1, 0.15) is 18.9 Å². The van der Waals surface area contributed by atoms with Gasteiger partial charge in [0.15, 0.2) is 0 Å². The number of fused-ring (bicyclic) bond motifs is 1. The Labute approximate surface area is 206 Å². The highest BCUT2D eigenvalue weighted by Crippen LogP contribution is 2.34. The summed E-state index contributed by atoms with van der Waals surface area (Å²) in [5.74, 6) is 0.672. The van der Waals surface area contributed by atoms with Crippen molar-refractivity contribution in [2.45, 2.75) is 40.2 Å². The van der Waals surface area contributed by atoms with Gasteiger partial charge in [-0.2, -0.15) is 0 Å². The number of amides is 2. The lowest BCUT2D eigenvalue weighted by atomic mass is 10.00. The van der Waals surface area contributed by atoms with E-state index in [-0.39, 0.29) is 24.4 Å². The van der Waals surface area contributed by atoms with Crippen LogP contribution < -0.4 is 4.74 Å².